The topological polar surface area (TPSA) is 51.0 Å². The van der Waals surface area contributed by atoms with E-state index in [0.717, 1.165) is 34.6 Å². The lowest BCUT2D eigenvalue weighted by Crippen LogP contribution is -2.34. The summed E-state index contributed by atoms with van der Waals surface area (Å²) in [4.78, 5) is 13.9. The lowest BCUT2D eigenvalue weighted by molar-refractivity contribution is 0.101. The summed E-state index contributed by atoms with van der Waals surface area (Å²) in [7, 11) is 0. The van der Waals surface area contributed by atoms with E-state index in [0.29, 0.717) is 6.54 Å². The van der Waals surface area contributed by atoms with Gasteiger partial charge in [-0.25, -0.2) is 0 Å². The van der Waals surface area contributed by atoms with Gasteiger partial charge in [0.15, 0.2) is 11.6 Å². The molecule has 98 valence electrons. The molecule has 0 saturated carbocycles. The number of carbonyl (C=O) groups excluding carboxylic acids is 1. The van der Waals surface area contributed by atoms with Gasteiger partial charge >= 0.3 is 0 Å². The molecule has 1 aromatic carbocycles. The number of anilines is 1. The first-order valence-corrected chi connectivity index (χ1v) is 6.86. The van der Waals surface area contributed by atoms with Gasteiger partial charge in [0.25, 0.3) is 0 Å². The van der Waals surface area contributed by atoms with E-state index in [4.69, 9.17) is 0 Å². The molecule has 0 spiro atoms. The highest BCUT2D eigenvalue weighted by molar-refractivity contribution is 9.10. The summed E-state index contributed by atoms with van der Waals surface area (Å²) in [6.45, 7) is 3.97. The van der Waals surface area contributed by atoms with E-state index >= 15 is 0 Å². The minimum Gasteiger partial charge on any atom is -0.362 e. The molecule has 2 heterocycles. The molecule has 3 rings (SSSR count). The van der Waals surface area contributed by atoms with E-state index in [2.05, 4.69) is 31.0 Å². The van der Waals surface area contributed by atoms with Gasteiger partial charge in [-0.05, 0) is 25.1 Å². The fourth-order valence-electron chi connectivity index (χ4n) is 2.34. The third-order valence-corrected chi connectivity index (χ3v) is 3.81. The summed E-state index contributed by atoms with van der Waals surface area (Å²) in [5.74, 6) is 1.01. The Morgan fingerprint density at radius 1 is 1.37 bits per heavy atom. The Hall–Kier alpha value is -1.69. The summed E-state index contributed by atoms with van der Waals surface area (Å²) >= 11 is 3.41. The van der Waals surface area contributed by atoms with E-state index in [1.165, 1.54) is 0 Å². The molecule has 2 aromatic rings. The summed E-state index contributed by atoms with van der Waals surface area (Å²) in [6.07, 6.45) is 1.75. The average Bonchev–Trinajstić information content (AvgIpc) is 2.85. The molecule has 0 saturated heterocycles. The number of nitrogens with zero attached hydrogens (tertiary/aromatic N) is 4. The van der Waals surface area contributed by atoms with Crippen LogP contribution in [0.3, 0.4) is 0 Å². The smallest absolute Gasteiger partial charge is 0.161 e. The largest absolute Gasteiger partial charge is 0.362 e. The maximum Gasteiger partial charge on any atom is 0.161 e. The lowest BCUT2D eigenvalue weighted by atomic mass is 10.1. The van der Waals surface area contributed by atoms with Crippen LogP contribution in [0.5, 0.6) is 0 Å². The maximum absolute atomic E-state index is 11.8. The standard InChI is InChI=1S/C13H13BrN4O/c1-9(19)11-6-10(14)2-3-12(11)17-4-5-18-8-15-16-13(18)7-17/h2-3,6,8H,4-5,7H2,1H3. The molecular formula is C13H13BrN4O. The Kier molecular flexibility index (Phi) is 3.10. The van der Waals surface area contributed by atoms with Gasteiger partial charge in [0, 0.05) is 28.8 Å². The summed E-state index contributed by atoms with van der Waals surface area (Å²) < 4.78 is 2.96. The second-order valence-electron chi connectivity index (χ2n) is 4.58. The molecule has 1 aliphatic heterocycles. The molecule has 0 atom stereocenters. The summed E-state index contributed by atoms with van der Waals surface area (Å²) in [6, 6.07) is 5.81. The van der Waals surface area contributed by atoms with Crippen LogP contribution in [-0.2, 0) is 13.1 Å². The van der Waals surface area contributed by atoms with Crippen molar-refractivity contribution >= 4 is 27.4 Å². The maximum atomic E-state index is 11.8. The zero-order chi connectivity index (χ0) is 13.4. The molecule has 6 heteroatoms. The van der Waals surface area contributed by atoms with Crippen LogP contribution < -0.4 is 4.90 Å². The van der Waals surface area contributed by atoms with Gasteiger partial charge in [-0.15, -0.1) is 10.2 Å². The predicted octanol–water partition coefficient (Wildman–Crippen LogP) is 2.26. The van der Waals surface area contributed by atoms with Crippen molar-refractivity contribution in [2.24, 2.45) is 0 Å². The van der Waals surface area contributed by atoms with Crippen molar-refractivity contribution in [2.75, 3.05) is 11.4 Å². The highest BCUT2D eigenvalue weighted by Gasteiger charge is 2.21. The van der Waals surface area contributed by atoms with Gasteiger partial charge in [-0.2, -0.15) is 0 Å². The number of ketones is 1. The van der Waals surface area contributed by atoms with Crippen molar-refractivity contribution in [3.8, 4) is 0 Å². The summed E-state index contributed by atoms with van der Waals surface area (Å²) in [5, 5.41) is 8.02. The fraction of sp³-hybridized carbons (Fsp3) is 0.308. The molecule has 0 fully saturated rings. The number of fused-ring (bicyclic) bond motifs is 1. The van der Waals surface area contributed by atoms with Gasteiger partial charge in [-0.3, -0.25) is 4.79 Å². The van der Waals surface area contributed by atoms with E-state index < -0.39 is 0 Å². The number of halogens is 1. The Morgan fingerprint density at radius 3 is 3.00 bits per heavy atom. The monoisotopic (exact) mass is 320 g/mol. The number of hydrogen-bond acceptors (Lipinski definition) is 4. The van der Waals surface area contributed by atoms with Gasteiger partial charge < -0.3 is 9.47 Å². The van der Waals surface area contributed by atoms with Gasteiger partial charge in [0.05, 0.1) is 6.54 Å². The van der Waals surface area contributed by atoms with Crippen LogP contribution in [0.15, 0.2) is 29.0 Å². The lowest BCUT2D eigenvalue weighted by Gasteiger charge is -2.30. The number of Topliss-reactive ketones (excluding diaryl/α,β-unsaturated/α-hetero) is 1. The molecule has 1 aromatic heterocycles. The first-order chi connectivity index (χ1) is 9.15. The quantitative estimate of drug-likeness (QED) is 0.796. The van der Waals surface area contributed by atoms with Crippen molar-refractivity contribution < 1.29 is 4.79 Å². The number of benzene rings is 1. The summed E-state index contributed by atoms with van der Waals surface area (Å²) in [5.41, 5.74) is 1.70. The van der Waals surface area contributed by atoms with Crippen LogP contribution >= 0.6 is 15.9 Å². The number of rotatable bonds is 2. The van der Waals surface area contributed by atoms with Gasteiger partial charge in [0.1, 0.15) is 6.33 Å². The molecule has 0 radical (unpaired) electrons. The van der Waals surface area contributed by atoms with E-state index in [1.807, 2.05) is 22.8 Å². The molecule has 0 amide bonds. The van der Waals surface area contributed by atoms with Crippen LogP contribution in [0.1, 0.15) is 23.1 Å². The predicted molar refractivity (Wildman–Crippen MR) is 75.2 cm³/mol. The van der Waals surface area contributed by atoms with Crippen molar-refractivity contribution in [3.63, 3.8) is 0 Å². The van der Waals surface area contributed by atoms with Crippen molar-refractivity contribution in [3.05, 3.63) is 40.4 Å². The van der Waals surface area contributed by atoms with Gasteiger partial charge in [-0.1, -0.05) is 15.9 Å². The van der Waals surface area contributed by atoms with Crippen molar-refractivity contribution in [2.45, 2.75) is 20.0 Å². The minimum absolute atomic E-state index is 0.0725. The molecular weight excluding hydrogens is 308 g/mol. The van der Waals surface area contributed by atoms with Crippen LogP contribution in [0.4, 0.5) is 5.69 Å². The minimum atomic E-state index is 0.0725. The Morgan fingerprint density at radius 2 is 2.21 bits per heavy atom. The molecule has 1 aliphatic rings. The molecule has 0 unspecified atom stereocenters. The first kappa shape index (κ1) is 12.3. The van der Waals surface area contributed by atoms with E-state index in [-0.39, 0.29) is 5.78 Å². The van der Waals surface area contributed by atoms with Crippen molar-refractivity contribution in [1.29, 1.82) is 0 Å². The third kappa shape index (κ3) is 2.28. The molecule has 5 nitrogen and oxygen atoms in total. The zero-order valence-corrected chi connectivity index (χ0v) is 12.1. The zero-order valence-electron chi connectivity index (χ0n) is 10.5. The molecule has 19 heavy (non-hydrogen) atoms. The molecule has 0 N–H and O–H groups in total. The number of carbonyl (C=O) groups is 1. The average molecular weight is 321 g/mol. The van der Waals surface area contributed by atoms with Crippen LogP contribution in [0.2, 0.25) is 0 Å². The normalized spacial score (nSPS) is 14.3. The van der Waals surface area contributed by atoms with Crippen molar-refractivity contribution in [1.82, 2.24) is 14.8 Å². The Bertz CT molecular complexity index is 637. The highest BCUT2D eigenvalue weighted by Crippen LogP contribution is 2.27. The number of hydrogen-bond donors (Lipinski definition) is 0. The molecule has 0 bridgehead atoms. The Labute approximate surface area is 119 Å². The van der Waals surface area contributed by atoms with Crippen LogP contribution in [0.25, 0.3) is 0 Å². The Balaban J connectivity index is 1.98. The van der Waals surface area contributed by atoms with E-state index in [1.54, 1.807) is 13.3 Å². The molecule has 0 aliphatic carbocycles. The van der Waals surface area contributed by atoms with Crippen LogP contribution in [0, 0.1) is 0 Å². The SMILES string of the molecule is CC(=O)c1cc(Br)ccc1N1CCn2cnnc2C1. The fourth-order valence-corrected chi connectivity index (χ4v) is 2.70. The van der Waals surface area contributed by atoms with Gasteiger partial charge in [0.2, 0.25) is 0 Å². The second kappa shape index (κ2) is 4.77. The number of aromatic nitrogens is 3. The third-order valence-electron chi connectivity index (χ3n) is 3.32. The second-order valence-corrected chi connectivity index (χ2v) is 5.50. The van der Waals surface area contributed by atoms with E-state index in [9.17, 15) is 4.79 Å². The highest BCUT2D eigenvalue weighted by atomic mass is 79.9. The first-order valence-electron chi connectivity index (χ1n) is 6.07. The van der Waals surface area contributed by atoms with Crippen LogP contribution in [-0.4, -0.2) is 27.1 Å².